The summed E-state index contributed by atoms with van der Waals surface area (Å²) in [4.78, 5) is 8.81. The molecular weight excluding hydrogens is 222 g/mol. The molecule has 0 radical (unpaired) electrons. The van der Waals surface area contributed by atoms with Crippen LogP contribution in [0.5, 0.6) is 0 Å². The highest BCUT2D eigenvalue weighted by Crippen LogP contribution is 2.24. The van der Waals surface area contributed by atoms with Crippen molar-refractivity contribution in [1.82, 2.24) is 9.97 Å². The number of rotatable bonds is 3. The molecule has 3 heteroatoms. The molecule has 0 amide bonds. The fourth-order valence-corrected chi connectivity index (χ4v) is 2.04. The average molecular weight is 241 g/mol. The van der Waals surface area contributed by atoms with Crippen molar-refractivity contribution in [3.8, 4) is 11.3 Å². The largest absolute Gasteiger partial charge is 0.330 e. The predicted octanol–water partition coefficient (Wildman–Crippen LogP) is 2.57. The van der Waals surface area contributed by atoms with Crippen molar-refractivity contribution in [2.45, 2.75) is 27.2 Å². The van der Waals surface area contributed by atoms with E-state index in [9.17, 15) is 0 Å². The number of aromatic nitrogens is 2. The molecule has 0 unspecified atom stereocenters. The Kier molecular flexibility index (Phi) is 3.72. The molecular formula is C15H19N3. The molecule has 2 aromatic rings. The Morgan fingerprint density at radius 1 is 1.06 bits per heavy atom. The normalized spacial score (nSPS) is 10.7. The van der Waals surface area contributed by atoms with Crippen LogP contribution in [0.1, 0.15) is 22.5 Å². The molecule has 18 heavy (non-hydrogen) atoms. The zero-order chi connectivity index (χ0) is 13.1. The van der Waals surface area contributed by atoms with E-state index < -0.39 is 0 Å². The van der Waals surface area contributed by atoms with Gasteiger partial charge < -0.3 is 5.73 Å². The molecule has 0 fully saturated rings. The molecule has 0 saturated carbocycles. The minimum atomic E-state index is 0.579. The summed E-state index contributed by atoms with van der Waals surface area (Å²) < 4.78 is 0. The maximum atomic E-state index is 5.54. The van der Waals surface area contributed by atoms with E-state index in [0.717, 1.165) is 17.9 Å². The van der Waals surface area contributed by atoms with Gasteiger partial charge in [-0.2, -0.15) is 0 Å². The number of hydrogen-bond donors (Lipinski definition) is 1. The second-order valence-corrected chi connectivity index (χ2v) is 4.65. The quantitative estimate of drug-likeness (QED) is 0.898. The van der Waals surface area contributed by atoms with Gasteiger partial charge in [0.15, 0.2) is 0 Å². The van der Waals surface area contributed by atoms with Gasteiger partial charge in [-0.15, -0.1) is 0 Å². The van der Waals surface area contributed by atoms with E-state index in [4.69, 9.17) is 5.73 Å². The second-order valence-electron chi connectivity index (χ2n) is 4.65. The van der Waals surface area contributed by atoms with Gasteiger partial charge in [0.25, 0.3) is 0 Å². The van der Waals surface area contributed by atoms with Crippen LogP contribution in [0, 0.1) is 20.8 Å². The summed E-state index contributed by atoms with van der Waals surface area (Å²) in [7, 11) is 0. The Labute approximate surface area is 108 Å². The smallest absolute Gasteiger partial charge is 0.130 e. The molecule has 2 N–H and O–H groups in total. The van der Waals surface area contributed by atoms with Gasteiger partial charge in [-0.3, -0.25) is 0 Å². The molecule has 0 aliphatic heterocycles. The van der Waals surface area contributed by atoms with Gasteiger partial charge >= 0.3 is 0 Å². The van der Waals surface area contributed by atoms with Crippen LogP contribution < -0.4 is 5.73 Å². The Hall–Kier alpha value is -1.74. The van der Waals surface area contributed by atoms with Crippen LogP contribution in [0.4, 0.5) is 0 Å². The van der Waals surface area contributed by atoms with E-state index >= 15 is 0 Å². The predicted molar refractivity (Wildman–Crippen MR) is 74.4 cm³/mol. The van der Waals surface area contributed by atoms with Crippen molar-refractivity contribution < 1.29 is 0 Å². The maximum absolute atomic E-state index is 5.54. The summed E-state index contributed by atoms with van der Waals surface area (Å²) in [6.07, 6.45) is 2.53. The summed E-state index contributed by atoms with van der Waals surface area (Å²) >= 11 is 0. The Bertz CT molecular complexity index is 562. The number of aryl methyl sites for hydroxylation is 3. The lowest BCUT2D eigenvalue weighted by Gasteiger charge is -2.10. The van der Waals surface area contributed by atoms with E-state index in [-0.39, 0.29) is 0 Å². The monoisotopic (exact) mass is 241 g/mol. The van der Waals surface area contributed by atoms with Gasteiger partial charge in [-0.1, -0.05) is 6.07 Å². The molecule has 3 nitrogen and oxygen atoms in total. The first-order valence-electron chi connectivity index (χ1n) is 6.22. The van der Waals surface area contributed by atoms with Gasteiger partial charge in [-0.05, 0) is 56.1 Å². The first-order chi connectivity index (χ1) is 8.61. The van der Waals surface area contributed by atoms with E-state index in [1.807, 2.05) is 12.3 Å². The molecule has 0 aliphatic rings. The first kappa shape index (κ1) is 12.7. The average Bonchev–Trinajstić information content (AvgIpc) is 2.34. The lowest BCUT2D eigenvalue weighted by molar-refractivity contribution is 0.869. The second kappa shape index (κ2) is 5.27. The minimum Gasteiger partial charge on any atom is -0.330 e. The fraction of sp³-hybridized carbons (Fsp3) is 0.333. The summed E-state index contributed by atoms with van der Waals surface area (Å²) in [5, 5.41) is 0. The highest BCUT2D eigenvalue weighted by molar-refractivity contribution is 5.65. The lowest BCUT2D eigenvalue weighted by atomic mass is 9.98. The van der Waals surface area contributed by atoms with Crippen LogP contribution in [0.25, 0.3) is 11.3 Å². The van der Waals surface area contributed by atoms with E-state index in [1.165, 1.54) is 22.3 Å². The summed E-state index contributed by atoms with van der Waals surface area (Å²) in [6.45, 7) is 6.95. The molecule has 1 heterocycles. The molecule has 0 atom stereocenters. The topological polar surface area (TPSA) is 51.8 Å². The van der Waals surface area contributed by atoms with Crippen molar-refractivity contribution in [1.29, 1.82) is 0 Å². The third-order valence-corrected chi connectivity index (χ3v) is 3.19. The summed E-state index contributed by atoms with van der Waals surface area (Å²) in [6, 6.07) is 6.35. The highest BCUT2D eigenvalue weighted by Gasteiger charge is 2.07. The number of benzene rings is 1. The lowest BCUT2D eigenvalue weighted by Crippen LogP contribution is -2.06. The van der Waals surface area contributed by atoms with E-state index in [2.05, 4.69) is 42.9 Å². The van der Waals surface area contributed by atoms with E-state index in [0.29, 0.717) is 6.54 Å². The molecule has 0 bridgehead atoms. The Balaban J connectivity index is 2.48. The standard InChI is InChI=1S/C15H19N3/c1-10-8-12(3)13(9-11(10)2)14-5-7-17-15(18-14)4-6-16/h5,7-9H,4,6,16H2,1-3H3. The molecule has 94 valence electrons. The fourth-order valence-electron chi connectivity index (χ4n) is 2.04. The summed E-state index contributed by atoms with van der Waals surface area (Å²) in [5.74, 6) is 0.813. The SMILES string of the molecule is Cc1cc(C)c(-c2ccnc(CCN)n2)cc1C. The van der Waals surface area contributed by atoms with Gasteiger partial charge in [0, 0.05) is 18.2 Å². The van der Waals surface area contributed by atoms with Gasteiger partial charge in [0.2, 0.25) is 0 Å². The number of nitrogens with zero attached hydrogens (tertiary/aromatic N) is 2. The van der Waals surface area contributed by atoms with Gasteiger partial charge in [-0.25, -0.2) is 9.97 Å². The molecule has 2 rings (SSSR count). The van der Waals surface area contributed by atoms with Gasteiger partial charge in [0.1, 0.15) is 5.82 Å². The molecule has 0 spiro atoms. The number of nitrogens with two attached hydrogens (primary N) is 1. The van der Waals surface area contributed by atoms with Gasteiger partial charge in [0.05, 0.1) is 5.69 Å². The van der Waals surface area contributed by atoms with Crippen LogP contribution in [0.3, 0.4) is 0 Å². The molecule has 0 saturated heterocycles. The van der Waals surface area contributed by atoms with Crippen molar-refractivity contribution in [3.63, 3.8) is 0 Å². The first-order valence-corrected chi connectivity index (χ1v) is 6.22. The van der Waals surface area contributed by atoms with Crippen LogP contribution >= 0.6 is 0 Å². The van der Waals surface area contributed by atoms with Crippen LogP contribution in [0.2, 0.25) is 0 Å². The number of hydrogen-bond acceptors (Lipinski definition) is 3. The maximum Gasteiger partial charge on any atom is 0.130 e. The third-order valence-electron chi connectivity index (χ3n) is 3.19. The molecule has 1 aromatic carbocycles. The zero-order valence-corrected chi connectivity index (χ0v) is 11.2. The molecule has 1 aromatic heterocycles. The zero-order valence-electron chi connectivity index (χ0n) is 11.2. The van der Waals surface area contributed by atoms with Crippen molar-refractivity contribution >= 4 is 0 Å². The van der Waals surface area contributed by atoms with E-state index in [1.54, 1.807) is 0 Å². The van der Waals surface area contributed by atoms with Crippen LogP contribution in [-0.4, -0.2) is 16.5 Å². The third kappa shape index (κ3) is 2.57. The van der Waals surface area contributed by atoms with Crippen LogP contribution in [-0.2, 0) is 6.42 Å². The highest BCUT2D eigenvalue weighted by atomic mass is 14.9. The van der Waals surface area contributed by atoms with Crippen molar-refractivity contribution in [3.05, 3.63) is 46.9 Å². The minimum absolute atomic E-state index is 0.579. The van der Waals surface area contributed by atoms with Crippen molar-refractivity contribution in [2.24, 2.45) is 5.73 Å². The Morgan fingerprint density at radius 2 is 1.78 bits per heavy atom. The van der Waals surface area contributed by atoms with Crippen molar-refractivity contribution in [2.75, 3.05) is 6.54 Å². The van der Waals surface area contributed by atoms with Crippen LogP contribution in [0.15, 0.2) is 24.4 Å². The molecule has 0 aliphatic carbocycles. The summed E-state index contributed by atoms with van der Waals surface area (Å²) in [5.41, 5.74) is 11.5. The Morgan fingerprint density at radius 3 is 2.50 bits per heavy atom.